The minimum absolute atomic E-state index is 0.153. The summed E-state index contributed by atoms with van der Waals surface area (Å²) in [5, 5.41) is 0. The van der Waals surface area contributed by atoms with Crippen LogP contribution in [0.1, 0.15) is 12.8 Å². The van der Waals surface area contributed by atoms with Gasteiger partial charge in [0.1, 0.15) is 5.82 Å². The van der Waals surface area contributed by atoms with Crippen LogP contribution in [0.5, 0.6) is 0 Å². The maximum Gasteiger partial charge on any atom is 0.228 e. The van der Waals surface area contributed by atoms with Crippen LogP contribution in [0.2, 0.25) is 0 Å². The lowest BCUT2D eigenvalue weighted by molar-refractivity contribution is -0.117. The van der Waals surface area contributed by atoms with E-state index in [2.05, 4.69) is 36.8 Å². The van der Waals surface area contributed by atoms with Crippen LogP contribution in [-0.2, 0) is 4.79 Å². The molecule has 0 bridgehead atoms. The second kappa shape index (κ2) is 3.98. The first-order chi connectivity index (χ1) is 6.68. The first-order valence-corrected chi connectivity index (χ1v) is 5.88. The number of nitrogens with zero attached hydrogens (tertiary/aromatic N) is 2. The van der Waals surface area contributed by atoms with Crippen LogP contribution in [0.4, 0.5) is 5.82 Å². The lowest BCUT2D eigenvalue weighted by Crippen LogP contribution is -2.25. The van der Waals surface area contributed by atoms with Gasteiger partial charge in [-0.1, -0.05) is 0 Å². The number of hydrogen-bond acceptors (Lipinski definition) is 2. The van der Waals surface area contributed by atoms with Crippen molar-refractivity contribution in [3.63, 3.8) is 0 Å². The average molecular weight is 320 g/mol. The number of rotatable bonds is 1. The quantitative estimate of drug-likeness (QED) is 0.797. The predicted octanol–water partition coefficient (Wildman–Crippen LogP) is 2.73. The summed E-state index contributed by atoms with van der Waals surface area (Å²) in [5.41, 5.74) is 0. The number of amides is 1. The zero-order valence-electron chi connectivity index (χ0n) is 7.33. The van der Waals surface area contributed by atoms with E-state index in [0.717, 1.165) is 27.7 Å². The van der Waals surface area contributed by atoms with Gasteiger partial charge in [0.25, 0.3) is 0 Å². The van der Waals surface area contributed by atoms with E-state index in [-0.39, 0.29) is 5.91 Å². The Morgan fingerprint density at radius 1 is 1.43 bits per heavy atom. The molecule has 2 heterocycles. The fourth-order valence-electron chi connectivity index (χ4n) is 1.48. The van der Waals surface area contributed by atoms with Gasteiger partial charge in [-0.15, -0.1) is 0 Å². The highest BCUT2D eigenvalue weighted by Crippen LogP contribution is 2.29. The summed E-state index contributed by atoms with van der Waals surface area (Å²) in [5.74, 6) is 0.872. The van der Waals surface area contributed by atoms with Crippen molar-refractivity contribution in [1.82, 2.24) is 4.98 Å². The SMILES string of the molecule is O=C1CCCN1c1ncc(Br)cc1Br. The Balaban J connectivity index is 2.36. The van der Waals surface area contributed by atoms with Gasteiger partial charge in [0.2, 0.25) is 5.91 Å². The zero-order chi connectivity index (χ0) is 10.1. The van der Waals surface area contributed by atoms with Gasteiger partial charge in [-0.25, -0.2) is 4.98 Å². The molecule has 3 nitrogen and oxygen atoms in total. The van der Waals surface area contributed by atoms with E-state index in [1.165, 1.54) is 0 Å². The number of carbonyl (C=O) groups is 1. The first-order valence-electron chi connectivity index (χ1n) is 4.30. The molecule has 1 aliphatic rings. The average Bonchev–Trinajstić information content (AvgIpc) is 2.52. The van der Waals surface area contributed by atoms with Crippen LogP contribution in [0.25, 0.3) is 0 Å². The summed E-state index contributed by atoms with van der Waals surface area (Å²) in [6.07, 6.45) is 3.25. The highest BCUT2D eigenvalue weighted by atomic mass is 79.9. The Morgan fingerprint density at radius 3 is 2.79 bits per heavy atom. The van der Waals surface area contributed by atoms with Gasteiger partial charge in [-0.2, -0.15) is 0 Å². The zero-order valence-corrected chi connectivity index (χ0v) is 10.5. The molecule has 0 atom stereocenters. The van der Waals surface area contributed by atoms with Crippen molar-refractivity contribution in [2.75, 3.05) is 11.4 Å². The highest BCUT2D eigenvalue weighted by Gasteiger charge is 2.24. The number of carbonyl (C=O) groups excluding carboxylic acids is 1. The minimum atomic E-state index is 0.153. The number of aromatic nitrogens is 1. The van der Waals surface area contributed by atoms with Gasteiger partial charge in [0, 0.05) is 23.6 Å². The van der Waals surface area contributed by atoms with Crippen LogP contribution < -0.4 is 4.90 Å². The molecule has 0 unspecified atom stereocenters. The molecule has 1 aromatic rings. The third-order valence-electron chi connectivity index (χ3n) is 2.12. The van der Waals surface area contributed by atoms with Gasteiger partial charge < -0.3 is 0 Å². The van der Waals surface area contributed by atoms with Crippen molar-refractivity contribution in [1.29, 1.82) is 0 Å². The molecule has 14 heavy (non-hydrogen) atoms. The van der Waals surface area contributed by atoms with Crippen LogP contribution in [0.3, 0.4) is 0 Å². The van der Waals surface area contributed by atoms with Crippen LogP contribution in [-0.4, -0.2) is 17.4 Å². The molecule has 0 radical (unpaired) electrons. The molecular weight excluding hydrogens is 312 g/mol. The number of pyridine rings is 1. The van der Waals surface area contributed by atoms with E-state index in [0.29, 0.717) is 6.42 Å². The van der Waals surface area contributed by atoms with E-state index >= 15 is 0 Å². The molecule has 74 valence electrons. The molecule has 0 spiro atoms. The molecule has 1 saturated heterocycles. The third kappa shape index (κ3) is 1.83. The summed E-state index contributed by atoms with van der Waals surface area (Å²) in [6.45, 7) is 0.770. The normalized spacial score (nSPS) is 16.4. The largest absolute Gasteiger partial charge is 0.296 e. The molecule has 0 aliphatic carbocycles. The molecule has 0 N–H and O–H groups in total. The van der Waals surface area contributed by atoms with E-state index in [9.17, 15) is 4.79 Å². The minimum Gasteiger partial charge on any atom is -0.296 e. The molecule has 2 rings (SSSR count). The summed E-state index contributed by atoms with van der Waals surface area (Å²) in [7, 11) is 0. The van der Waals surface area contributed by atoms with Gasteiger partial charge in [-0.3, -0.25) is 9.69 Å². The molecule has 1 aliphatic heterocycles. The number of halogens is 2. The van der Waals surface area contributed by atoms with Crippen molar-refractivity contribution in [2.24, 2.45) is 0 Å². The summed E-state index contributed by atoms with van der Waals surface area (Å²) >= 11 is 6.72. The third-order valence-corrected chi connectivity index (χ3v) is 3.13. The van der Waals surface area contributed by atoms with E-state index < -0.39 is 0 Å². The van der Waals surface area contributed by atoms with Crippen LogP contribution >= 0.6 is 31.9 Å². The van der Waals surface area contributed by atoms with Gasteiger partial charge in [0.15, 0.2) is 0 Å². The van der Waals surface area contributed by atoms with Crippen molar-refractivity contribution in [3.05, 3.63) is 21.2 Å². The molecule has 5 heteroatoms. The molecule has 1 fully saturated rings. The Hall–Kier alpha value is -0.420. The Bertz CT molecular complexity index is 381. The topological polar surface area (TPSA) is 33.2 Å². The monoisotopic (exact) mass is 318 g/mol. The van der Waals surface area contributed by atoms with E-state index in [1.54, 1.807) is 11.1 Å². The van der Waals surface area contributed by atoms with Crippen molar-refractivity contribution < 1.29 is 4.79 Å². The second-order valence-electron chi connectivity index (χ2n) is 3.11. The first kappa shape index (κ1) is 10.1. The Kier molecular flexibility index (Phi) is 2.88. The van der Waals surface area contributed by atoms with Gasteiger partial charge >= 0.3 is 0 Å². The molecule has 0 saturated carbocycles. The molecule has 1 amide bonds. The number of hydrogen-bond donors (Lipinski definition) is 0. The fourth-order valence-corrected chi connectivity index (χ4v) is 2.68. The molecular formula is C9H8Br2N2O. The highest BCUT2D eigenvalue weighted by molar-refractivity contribution is 9.11. The summed E-state index contributed by atoms with van der Waals surface area (Å²) in [6, 6.07) is 1.90. The van der Waals surface area contributed by atoms with Crippen molar-refractivity contribution in [2.45, 2.75) is 12.8 Å². The second-order valence-corrected chi connectivity index (χ2v) is 4.88. The Morgan fingerprint density at radius 2 is 2.21 bits per heavy atom. The van der Waals surface area contributed by atoms with Gasteiger partial charge in [0.05, 0.1) is 4.47 Å². The maximum atomic E-state index is 11.5. The lowest BCUT2D eigenvalue weighted by atomic mass is 10.4. The smallest absolute Gasteiger partial charge is 0.228 e. The number of anilines is 1. The van der Waals surface area contributed by atoms with E-state index in [4.69, 9.17) is 0 Å². The molecule has 1 aromatic heterocycles. The van der Waals surface area contributed by atoms with Gasteiger partial charge in [-0.05, 0) is 44.3 Å². The van der Waals surface area contributed by atoms with Crippen LogP contribution in [0.15, 0.2) is 21.2 Å². The van der Waals surface area contributed by atoms with Crippen molar-refractivity contribution in [3.8, 4) is 0 Å². The van der Waals surface area contributed by atoms with Crippen molar-refractivity contribution >= 4 is 43.6 Å². The predicted molar refractivity (Wildman–Crippen MR) is 61.2 cm³/mol. The lowest BCUT2D eigenvalue weighted by Gasteiger charge is -2.15. The molecule has 0 aromatic carbocycles. The summed E-state index contributed by atoms with van der Waals surface area (Å²) in [4.78, 5) is 17.4. The van der Waals surface area contributed by atoms with E-state index in [1.807, 2.05) is 6.07 Å². The Labute approximate surface area is 98.8 Å². The summed E-state index contributed by atoms with van der Waals surface area (Å²) < 4.78 is 1.75. The standard InChI is InChI=1S/C9H8Br2N2O/c10-6-4-7(11)9(12-5-6)13-3-1-2-8(13)14/h4-5H,1-3H2. The maximum absolute atomic E-state index is 11.5. The van der Waals surface area contributed by atoms with Crippen LogP contribution in [0, 0.1) is 0 Å². The fraction of sp³-hybridized carbons (Fsp3) is 0.333.